The zero-order valence-electron chi connectivity index (χ0n) is 10.4. The molecule has 1 aromatic heterocycles. The molecule has 0 aliphatic heterocycles. The van der Waals surface area contributed by atoms with Gasteiger partial charge < -0.3 is 4.98 Å². The number of benzene rings is 2. The normalized spacial score (nSPS) is 11.8. The number of aromatic amines is 1. The van der Waals surface area contributed by atoms with Crippen LogP contribution in [0, 0.1) is 0 Å². The summed E-state index contributed by atoms with van der Waals surface area (Å²) in [6.07, 6.45) is 3.11. The lowest BCUT2D eigenvalue weighted by Gasteiger charge is -2.04. The highest BCUT2D eigenvalue weighted by Gasteiger charge is 2.08. The van der Waals surface area contributed by atoms with Gasteiger partial charge >= 0.3 is 0 Å². The number of rotatable bonds is 2. The summed E-state index contributed by atoms with van der Waals surface area (Å²) < 4.78 is 23.2. The van der Waals surface area contributed by atoms with E-state index in [2.05, 4.69) is 4.98 Å². The summed E-state index contributed by atoms with van der Waals surface area (Å²) in [5.41, 5.74) is 2.95. The third-order valence-electron chi connectivity index (χ3n) is 3.15. The van der Waals surface area contributed by atoms with Gasteiger partial charge in [-0.2, -0.15) is 0 Å². The number of H-pyrrole nitrogens is 1. The van der Waals surface area contributed by atoms with E-state index in [1.54, 1.807) is 18.2 Å². The fourth-order valence-corrected chi connectivity index (χ4v) is 2.80. The molecule has 19 heavy (non-hydrogen) atoms. The Bertz CT molecular complexity index is 847. The Kier molecular flexibility index (Phi) is 2.68. The van der Waals surface area contributed by atoms with E-state index in [1.165, 1.54) is 6.26 Å². The molecule has 0 radical (unpaired) electrons. The molecule has 0 spiro atoms. The summed E-state index contributed by atoms with van der Waals surface area (Å²) in [4.78, 5) is 3.50. The topological polar surface area (TPSA) is 49.9 Å². The summed E-state index contributed by atoms with van der Waals surface area (Å²) in [5.74, 6) is 0. The van der Waals surface area contributed by atoms with Crippen molar-refractivity contribution in [2.24, 2.45) is 0 Å². The maximum Gasteiger partial charge on any atom is 0.175 e. The first-order chi connectivity index (χ1) is 9.04. The highest BCUT2D eigenvalue weighted by Crippen LogP contribution is 2.25. The highest BCUT2D eigenvalue weighted by atomic mass is 32.2. The first kappa shape index (κ1) is 12.0. The number of sulfone groups is 1. The Labute approximate surface area is 111 Å². The molecule has 1 N–H and O–H groups in total. The van der Waals surface area contributed by atoms with Crippen molar-refractivity contribution in [3.05, 3.63) is 54.7 Å². The van der Waals surface area contributed by atoms with Gasteiger partial charge in [0.05, 0.1) is 4.90 Å². The minimum absolute atomic E-state index is 0.344. The fourth-order valence-electron chi connectivity index (χ4n) is 2.13. The van der Waals surface area contributed by atoms with Gasteiger partial charge in [0.1, 0.15) is 0 Å². The second-order valence-electron chi connectivity index (χ2n) is 4.58. The molecule has 3 rings (SSSR count). The van der Waals surface area contributed by atoms with Crippen LogP contribution in [0.1, 0.15) is 0 Å². The van der Waals surface area contributed by atoms with Crippen molar-refractivity contribution in [1.29, 1.82) is 0 Å². The van der Waals surface area contributed by atoms with Crippen LogP contribution >= 0.6 is 0 Å². The quantitative estimate of drug-likeness (QED) is 0.778. The molecule has 0 atom stereocenters. The second kappa shape index (κ2) is 4.24. The van der Waals surface area contributed by atoms with Crippen LogP contribution in [0.15, 0.2) is 59.6 Å². The van der Waals surface area contributed by atoms with Crippen molar-refractivity contribution in [3.63, 3.8) is 0 Å². The molecule has 0 saturated heterocycles. The van der Waals surface area contributed by atoms with Crippen molar-refractivity contribution in [1.82, 2.24) is 4.98 Å². The van der Waals surface area contributed by atoms with Gasteiger partial charge in [-0.25, -0.2) is 8.42 Å². The third-order valence-corrected chi connectivity index (χ3v) is 4.26. The molecule has 3 nitrogen and oxygen atoms in total. The van der Waals surface area contributed by atoms with E-state index < -0.39 is 9.84 Å². The van der Waals surface area contributed by atoms with Crippen molar-refractivity contribution in [2.75, 3.05) is 6.26 Å². The monoisotopic (exact) mass is 271 g/mol. The molecular weight excluding hydrogens is 258 g/mol. The van der Waals surface area contributed by atoms with Gasteiger partial charge in [-0.05, 0) is 40.8 Å². The first-order valence-corrected chi connectivity index (χ1v) is 7.81. The molecule has 0 bridgehead atoms. The van der Waals surface area contributed by atoms with E-state index in [4.69, 9.17) is 0 Å². The molecule has 0 aliphatic rings. The van der Waals surface area contributed by atoms with Gasteiger partial charge in [0.2, 0.25) is 0 Å². The largest absolute Gasteiger partial charge is 0.361 e. The second-order valence-corrected chi connectivity index (χ2v) is 6.60. The molecular formula is C15H13NO2S. The maximum atomic E-state index is 11.6. The van der Waals surface area contributed by atoms with Crippen LogP contribution in [0.4, 0.5) is 0 Å². The average Bonchev–Trinajstić information content (AvgIpc) is 2.85. The minimum atomic E-state index is -3.17. The Morgan fingerprint density at radius 1 is 0.947 bits per heavy atom. The van der Waals surface area contributed by atoms with E-state index in [1.807, 2.05) is 36.5 Å². The lowest BCUT2D eigenvalue weighted by atomic mass is 10.0. The van der Waals surface area contributed by atoms with Gasteiger partial charge in [0.25, 0.3) is 0 Å². The van der Waals surface area contributed by atoms with Crippen LogP contribution in [0.2, 0.25) is 0 Å². The standard InChI is InChI=1S/C15H13NO2S/c1-19(17,18)14-4-2-3-12(9-14)13-6-5-11-7-8-16-15(11)10-13/h2-10,16H,1H3. The summed E-state index contributed by atoms with van der Waals surface area (Å²) in [6, 6.07) is 15.1. The van der Waals surface area contributed by atoms with Crippen LogP contribution in [0.3, 0.4) is 0 Å². The predicted octanol–water partition coefficient (Wildman–Crippen LogP) is 3.24. The van der Waals surface area contributed by atoms with E-state index in [9.17, 15) is 8.42 Å². The molecule has 3 aromatic rings. The Hall–Kier alpha value is -2.07. The predicted molar refractivity (Wildman–Crippen MR) is 76.8 cm³/mol. The maximum absolute atomic E-state index is 11.6. The zero-order chi connectivity index (χ0) is 13.5. The Morgan fingerprint density at radius 2 is 1.74 bits per heavy atom. The van der Waals surface area contributed by atoms with Crippen LogP contribution in [-0.4, -0.2) is 19.7 Å². The Morgan fingerprint density at radius 3 is 2.53 bits per heavy atom. The molecule has 2 aromatic carbocycles. The number of nitrogens with one attached hydrogen (secondary N) is 1. The molecule has 96 valence electrons. The number of hydrogen-bond donors (Lipinski definition) is 1. The minimum Gasteiger partial charge on any atom is -0.361 e. The molecule has 0 aliphatic carbocycles. The third kappa shape index (κ3) is 2.27. The average molecular weight is 271 g/mol. The summed E-state index contributed by atoms with van der Waals surface area (Å²) in [6.45, 7) is 0. The SMILES string of the molecule is CS(=O)(=O)c1cccc(-c2ccc3cc[nH]c3c2)c1. The summed E-state index contributed by atoms with van der Waals surface area (Å²) in [7, 11) is -3.17. The number of aromatic nitrogens is 1. The molecule has 0 amide bonds. The lowest BCUT2D eigenvalue weighted by Crippen LogP contribution is -1.96. The fraction of sp³-hybridized carbons (Fsp3) is 0.0667. The summed E-state index contributed by atoms with van der Waals surface area (Å²) >= 11 is 0. The van der Waals surface area contributed by atoms with E-state index >= 15 is 0 Å². The first-order valence-electron chi connectivity index (χ1n) is 5.92. The highest BCUT2D eigenvalue weighted by molar-refractivity contribution is 7.90. The van der Waals surface area contributed by atoms with Crippen LogP contribution in [0.5, 0.6) is 0 Å². The smallest absolute Gasteiger partial charge is 0.175 e. The Balaban J connectivity index is 2.15. The van der Waals surface area contributed by atoms with E-state index in [-0.39, 0.29) is 0 Å². The lowest BCUT2D eigenvalue weighted by molar-refractivity contribution is 0.602. The zero-order valence-corrected chi connectivity index (χ0v) is 11.2. The van der Waals surface area contributed by atoms with Crippen molar-refractivity contribution >= 4 is 20.7 Å². The summed E-state index contributed by atoms with van der Waals surface area (Å²) in [5, 5.41) is 1.14. The molecule has 0 unspecified atom stereocenters. The van der Waals surface area contributed by atoms with Crippen molar-refractivity contribution < 1.29 is 8.42 Å². The number of fused-ring (bicyclic) bond motifs is 1. The number of hydrogen-bond acceptors (Lipinski definition) is 2. The van der Waals surface area contributed by atoms with E-state index in [0.717, 1.165) is 22.0 Å². The molecule has 4 heteroatoms. The molecule has 1 heterocycles. The van der Waals surface area contributed by atoms with E-state index in [0.29, 0.717) is 4.90 Å². The van der Waals surface area contributed by atoms with Crippen molar-refractivity contribution in [2.45, 2.75) is 4.90 Å². The van der Waals surface area contributed by atoms with Gasteiger partial charge in [0, 0.05) is 18.0 Å². The van der Waals surface area contributed by atoms with Gasteiger partial charge in [-0.15, -0.1) is 0 Å². The molecule has 0 fully saturated rings. The molecule has 0 saturated carbocycles. The van der Waals surface area contributed by atoms with Gasteiger partial charge in [-0.1, -0.05) is 24.3 Å². The van der Waals surface area contributed by atoms with Crippen LogP contribution in [-0.2, 0) is 9.84 Å². The van der Waals surface area contributed by atoms with Crippen LogP contribution < -0.4 is 0 Å². The van der Waals surface area contributed by atoms with Crippen molar-refractivity contribution in [3.8, 4) is 11.1 Å². The van der Waals surface area contributed by atoms with Crippen LogP contribution in [0.25, 0.3) is 22.0 Å². The van der Waals surface area contributed by atoms with Gasteiger partial charge in [-0.3, -0.25) is 0 Å². The van der Waals surface area contributed by atoms with Gasteiger partial charge in [0.15, 0.2) is 9.84 Å².